The third kappa shape index (κ3) is 3.69. The van der Waals surface area contributed by atoms with Gasteiger partial charge in [-0.25, -0.2) is 0 Å². The number of allylic oxidation sites excluding steroid dienone is 1. The molecule has 0 N–H and O–H groups in total. The first-order valence-corrected chi connectivity index (χ1v) is 7.03. The summed E-state index contributed by atoms with van der Waals surface area (Å²) >= 11 is 0. The Bertz CT molecular complexity index is 498. The van der Waals surface area contributed by atoms with Gasteiger partial charge in [0.25, 0.3) is 0 Å². The third-order valence-corrected chi connectivity index (χ3v) is 3.31. The predicted molar refractivity (Wildman–Crippen MR) is 77.8 cm³/mol. The molecule has 0 fully saturated rings. The number of aryl methyl sites for hydroxylation is 1. The molecule has 102 valence electrons. The van der Waals surface area contributed by atoms with Gasteiger partial charge in [-0.05, 0) is 38.3 Å². The van der Waals surface area contributed by atoms with Crippen molar-refractivity contribution in [2.45, 2.75) is 52.1 Å². The van der Waals surface area contributed by atoms with Crippen LogP contribution in [0.2, 0.25) is 0 Å². The van der Waals surface area contributed by atoms with Crippen molar-refractivity contribution in [3.63, 3.8) is 0 Å². The molecule has 1 aliphatic heterocycles. The van der Waals surface area contributed by atoms with Crippen LogP contribution in [0.25, 0.3) is 5.76 Å². The first-order chi connectivity index (χ1) is 9.00. The van der Waals surface area contributed by atoms with Gasteiger partial charge in [0.05, 0.1) is 0 Å². The Hall–Kier alpha value is -1.57. The summed E-state index contributed by atoms with van der Waals surface area (Å²) < 4.78 is 5.93. The van der Waals surface area contributed by atoms with E-state index in [0.717, 1.165) is 12.0 Å². The highest BCUT2D eigenvalue weighted by atomic mass is 16.5. The molecule has 1 aromatic carbocycles. The van der Waals surface area contributed by atoms with Crippen molar-refractivity contribution in [2.24, 2.45) is 0 Å². The van der Waals surface area contributed by atoms with Gasteiger partial charge in [0.2, 0.25) is 0 Å². The Morgan fingerprint density at radius 3 is 2.79 bits per heavy atom. The SMILES string of the molecule is CCCCc1cccc(C2=CC(=O)CC(C)(C)O2)c1. The number of carbonyl (C=O) groups excluding carboxylic acids is 1. The van der Waals surface area contributed by atoms with E-state index in [1.54, 1.807) is 6.08 Å². The molecule has 2 nitrogen and oxygen atoms in total. The summed E-state index contributed by atoms with van der Waals surface area (Å²) in [5.74, 6) is 0.852. The largest absolute Gasteiger partial charge is 0.487 e. The monoisotopic (exact) mass is 258 g/mol. The van der Waals surface area contributed by atoms with E-state index in [4.69, 9.17) is 4.74 Å². The molecule has 1 aliphatic rings. The molecule has 0 aromatic heterocycles. The Balaban J connectivity index is 2.24. The fourth-order valence-corrected chi connectivity index (χ4v) is 2.38. The van der Waals surface area contributed by atoms with Gasteiger partial charge in [0.1, 0.15) is 11.4 Å². The van der Waals surface area contributed by atoms with E-state index in [2.05, 4.69) is 19.1 Å². The molecule has 0 amide bonds. The molecular formula is C17H22O2. The van der Waals surface area contributed by atoms with Crippen molar-refractivity contribution in [2.75, 3.05) is 0 Å². The van der Waals surface area contributed by atoms with Crippen LogP contribution in [0.3, 0.4) is 0 Å². The quantitative estimate of drug-likeness (QED) is 0.811. The topological polar surface area (TPSA) is 26.3 Å². The normalized spacial score (nSPS) is 17.8. The second-order valence-corrected chi connectivity index (χ2v) is 5.82. The molecule has 0 saturated heterocycles. The fourth-order valence-electron chi connectivity index (χ4n) is 2.38. The van der Waals surface area contributed by atoms with Gasteiger partial charge >= 0.3 is 0 Å². The number of benzene rings is 1. The average molecular weight is 258 g/mol. The third-order valence-electron chi connectivity index (χ3n) is 3.31. The van der Waals surface area contributed by atoms with Crippen LogP contribution in [-0.4, -0.2) is 11.4 Å². The molecule has 0 aliphatic carbocycles. The lowest BCUT2D eigenvalue weighted by molar-refractivity contribution is -0.119. The van der Waals surface area contributed by atoms with Gasteiger partial charge in [-0.1, -0.05) is 31.5 Å². The van der Waals surface area contributed by atoms with Crippen LogP contribution < -0.4 is 0 Å². The van der Waals surface area contributed by atoms with Crippen LogP contribution in [0.1, 0.15) is 51.2 Å². The first-order valence-electron chi connectivity index (χ1n) is 7.03. The lowest BCUT2D eigenvalue weighted by Gasteiger charge is -2.30. The number of carbonyl (C=O) groups is 1. The molecule has 1 heterocycles. The number of hydrogen-bond donors (Lipinski definition) is 0. The summed E-state index contributed by atoms with van der Waals surface area (Å²) in [6.07, 6.45) is 5.54. The molecule has 0 spiro atoms. The maximum atomic E-state index is 11.8. The Morgan fingerprint density at radius 1 is 1.32 bits per heavy atom. The van der Waals surface area contributed by atoms with Gasteiger partial charge in [-0.3, -0.25) is 4.79 Å². The Kier molecular flexibility index (Phi) is 4.08. The summed E-state index contributed by atoms with van der Waals surface area (Å²) in [5, 5.41) is 0. The Morgan fingerprint density at radius 2 is 2.11 bits per heavy atom. The molecular weight excluding hydrogens is 236 g/mol. The van der Waals surface area contributed by atoms with Crippen LogP contribution in [0.5, 0.6) is 0 Å². The highest BCUT2D eigenvalue weighted by Crippen LogP contribution is 2.30. The van der Waals surface area contributed by atoms with Gasteiger partial charge < -0.3 is 4.74 Å². The highest BCUT2D eigenvalue weighted by molar-refractivity contribution is 5.97. The van der Waals surface area contributed by atoms with Crippen LogP contribution >= 0.6 is 0 Å². The molecule has 0 bridgehead atoms. The lowest BCUT2D eigenvalue weighted by atomic mass is 9.96. The van der Waals surface area contributed by atoms with Crippen LogP contribution in [-0.2, 0) is 16.0 Å². The van der Waals surface area contributed by atoms with Gasteiger partial charge in [0, 0.05) is 18.1 Å². The van der Waals surface area contributed by atoms with E-state index in [1.165, 1.54) is 18.4 Å². The first kappa shape index (κ1) is 13.9. The van der Waals surface area contributed by atoms with E-state index in [-0.39, 0.29) is 5.78 Å². The zero-order chi connectivity index (χ0) is 13.9. The van der Waals surface area contributed by atoms with Crippen molar-refractivity contribution >= 4 is 11.5 Å². The highest BCUT2D eigenvalue weighted by Gasteiger charge is 2.29. The number of ketones is 1. The molecule has 1 aromatic rings. The number of rotatable bonds is 4. The van der Waals surface area contributed by atoms with Gasteiger partial charge in [0.15, 0.2) is 5.78 Å². The van der Waals surface area contributed by atoms with Crippen molar-refractivity contribution in [1.29, 1.82) is 0 Å². The fraction of sp³-hybridized carbons (Fsp3) is 0.471. The van der Waals surface area contributed by atoms with Crippen molar-refractivity contribution in [1.82, 2.24) is 0 Å². The zero-order valence-corrected chi connectivity index (χ0v) is 12.0. The summed E-state index contributed by atoms with van der Waals surface area (Å²) in [6.45, 7) is 6.11. The second kappa shape index (κ2) is 5.60. The summed E-state index contributed by atoms with van der Waals surface area (Å²) in [4.78, 5) is 11.8. The minimum absolute atomic E-state index is 0.144. The standard InChI is InChI=1S/C17H22O2/c1-4-5-7-13-8-6-9-14(10-13)16-11-15(18)12-17(2,3)19-16/h6,8-11H,4-5,7,12H2,1-3H3. The smallest absolute Gasteiger partial charge is 0.163 e. The molecule has 0 unspecified atom stereocenters. The average Bonchev–Trinajstić information content (AvgIpc) is 2.34. The zero-order valence-electron chi connectivity index (χ0n) is 12.0. The van der Waals surface area contributed by atoms with Gasteiger partial charge in [-0.15, -0.1) is 0 Å². The minimum atomic E-state index is -0.402. The molecule has 0 saturated carbocycles. The van der Waals surface area contributed by atoms with Crippen LogP contribution in [0.4, 0.5) is 0 Å². The summed E-state index contributed by atoms with van der Waals surface area (Å²) in [7, 11) is 0. The molecule has 2 rings (SSSR count). The van der Waals surface area contributed by atoms with E-state index in [9.17, 15) is 4.79 Å². The van der Waals surface area contributed by atoms with E-state index in [0.29, 0.717) is 12.2 Å². The van der Waals surface area contributed by atoms with E-state index in [1.807, 2.05) is 26.0 Å². The van der Waals surface area contributed by atoms with Crippen molar-refractivity contribution in [3.8, 4) is 0 Å². The van der Waals surface area contributed by atoms with Crippen molar-refractivity contribution < 1.29 is 9.53 Å². The van der Waals surface area contributed by atoms with Crippen LogP contribution in [0.15, 0.2) is 30.3 Å². The van der Waals surface area contributed by atoms with Gasteiger partial charge in [-0.2, -0.15) is 0 Å². The summed E-state index contributed by atoms with van der Waals surface area (Å²) in [6, 6.07) is 8.32. The second-order valence-electron chi connectivity index (χ2n) is 5.82. The molecule has 0 atom stereocenters. The minimum Gasteiger partial charge on any atom is -0.487 e. The maximum Gasteiger partial charge on any atom is 0.163 e. The maximum absolute atomic E-state index is 11.8. The lowest BCUT2D eigenvalue weighted by Crippen LogP contribution is -2.30. The number of unbranched alkanes of at least 4 members (excludes halogenated alkanes) is 1. The van der Waals surface area contributed by atoms with Crippen LogP contribution in [0, 0.1) is 0 Å². The number of hydrogen-bond acceptors (Lipinski definition) is 2. The summed E-state index contributed by atoms with van der Waals surface area (Å²) in [5.41, 5.74) is 1.91. The number of ether oxygens (including phenoxy) is 1. The molecule has 19 heavy (non-hydrogen) atoms. The Labute approximate surface area is 115 Å². The van der Waals surface area contributed by atoms with E-state index >= 15 is 0 Å². The predicted octanol–water partition coefficient (Wildman–Crippen LogP) is 4.14. The molecule has 2 heteroatoms. The molecule has 0 radical (unpaired) electrons. The van der Waals surface area contributed by atoms with Crippen molar-refractivity contribution in [3.05, 3.63) is 41.5 Å². The van der Waals surface area contributed by atoms with E-state index < -0.39 is 5.60 Å².